The number of ether oxygens (including phenoxy) is 2. The first-order valence-corrected chi connectivity index (χ1v) is 6.45. The van der Waals surface area contributed by atoms with Crippen molar-refractivity contribution in [3.63, 3.8) is 0 Å². The Kier molecular flexibility index (Phi) is 4.32. The summed E-state index contributed by atoms with van der Waals surface area (Å²) in [5, 5.41) is 3.74. The van der Waals surface area contributed by atoms with Crippen molar-refractivity contribution in [2.45, 2.75) is 13.8 Å². The summed E-state index contributed by atoms with van der Waals surface area (Å²) in [6.07, 6.45) is -0.540. The minimum absolute atomic E-state index is 0.0199. The molecule has 2 amide bonds. The van der Waals surface area contributed by atoms with Gasteiger partial charge in [-0.1, -0.05) is 0 Å². The molecule has 1 aromatic rings. The molecule has 7 heteroatoms. The molecule has 114 valence electrons. The Balaban J connectivity index is 1.87. The maximum absolute atomic E-state index is 11.9. The van der Waals surface area contributed by atoms with E-state index in [0.717, 1.165) is 0 Å². The Morgan fingerprint density at radius 2 is 2.05 bits per heavy atom. The number of hydrogen-bond donors (Lipinski definition) is 1. The Bertz CT molecular complexity index is 527. The fourth-order valence-corrected chi connectivity index (χ4v) is 1.73. The number of carbonyl (C=O) groups is 2. The molecule has 1 aliphatic heterocycles. The number of benzene rings is 1. The van der Waals surface area contributed by atoms with Gasteiger partial charge in [-0.3, -0.25) is 14.9 Å². The normalized spacial score (nSPS) is 16.7. The molecular formula is C14H18N2O5. The maximum Gasteiger partial charge on any atom is 0.411 e. The fraction of sp³-hybridized carbons (Fsp3) is 0.429. The van der Waals surface area contributed by atoms with Crippen LogP contribution in [-0.2, 0) is 14.4 Å². The largest absolute Gasteiger partial charge is 0.471 e. The molecule has 1 aromatic carbocycles. The second-order valence-corrected chi connectivity index (χ2v) is 5.26. The van der Waals surface area contributed by atoms with Crippen molar-refractivity contribution in [1.82, 2.24) is 5.06 Å². The molecule has 1 saturated heterocycles. The standard InChI is InChI=1S/C14H18N2O5/c1-14(2)8-21-16(12(14)17)9-20-11-6-4-10(5-7-11)15-13(18)19-3/h4-7H,8-9H2,1-3H3,(H,15,18). The Labute approximate surface area is 122 Å². The number of amides is 2. The lowest BCUT2D eigenvalue weighted by Gasteiger charge is -2.17. The van der Waals surface area contributed by atoms with Gasteiger partial charge in [0, 0.05) is 5.69 Å². The first-order chi connectivity index (χ1) is 9.92. The Morgan fingerprint density at radius 3 is 2.57 bits per heavy atom. The van der Waals surface area contributed by atoms with E-state index in [9.17, 15) is 9.59 Å². The number of hydroxylamine groups is 2. The van der Waals surface area contributed by atoms with Crippen LogP contribution in [0.25, 0.3) is 0 Å². The minimum Gasteiger partial charge on any atom is -0.471 e. The lowest BCUT2D eigenvalue weighted by atomic mass is 9.95. The lowest BCUT2D eigenvalue weighted by Crippen LogP contribution is -2.33. The SMILES string of the molecule is COC(=O)Nc1ccc(OCN2OCC(C)(C)C2=O)cc1. The summed E-state index contributed by atoms with van der Waals surface area (Å²) < 4.78 is 9.96. The van der Waals surface area contributed by atoms with E-state index in [1.807, 2.05) is 13.8 Å². The summed E-state index contributed by atoms with van der Waals surface area (Å²) in [6.45, 7) is 4.01. The van der Waals surface area contributed by atoms with Crippen molar-refractivity contribution in [3.05, 3.63) is 24.3 Å². The first-order valence-electron chi connectivity index (χ1n) is 6.45. The van der Waals surface area contributed by atoms with Crippen LogP contribution in [0.4, 0.5) is 10.5 Å². The predicted octanol–water partition coefficient (Wildman–Crippen LogP) is 2.00. The van der Waals surface area contributed by atoms with Crippen LogP contribution in [0.1, 0.15) is 13.8 Å². The number of carbonyl (C=O) groups excluding carboxylic acids is 2. The fourth-order valence-electron chi connectivity index (χ4n) is 1.73. The zero-order valence-corrected chi connectivity index (χ0v) is 12.2. The van der Waals surface area contributed by atoms with E-state index < -0.39 is 11.5 Å². The van der Waals surface area contributed by atoms with Gasteiger partial charge in [0.25, 0.3) is 5.91 Å². The zero-order chi connectivity index (χ0) is 15.5. The number of methoxy groups -OCH3 is 1. The van der Waals surface area contributed by atoms with E-state index in [4.69, 9.17) is 9.57 Å². The molecule has 0 spiro atoms. The molecule has 1 N–H and O–H groups in total. The van der Waals surface area contributed by atoms with Crippen LogP contribution in [0.5, 0.6) is 5.75 Å². The highest BCUT2D eigenvalue weighted by atomic mass is 16.7. The number of rotatable bonds is 4. The van der Waals surface area contributed by atoms with Gasteiger partial charge in [0.2, 0.25) is 0 Å². The molecule has 1 fully saturated rings. The van der Waals surface area contributed by atoms with E-state index in [1.165, 1.54) is 12.2 Å². The van der Waals surface area contributed by atoms with Crippen molar-refractivity contribution in [2.24, 2.45) is 5.41 Å². The van der Waals surface area contributed by atoms with Gasteiger partial charge >= 0.3 is 6.09 Å². The summed E-state index contributed by atoms with van der Waals surface area (Å²) in [4.78, 5) is 28.2. The zero-order valence-electron chi connectivity index (χ0n) is 12.2. The molecule has 1 aliphatic rings. The molecule has 0 aromatic heterocycles. The number of hydrogen-bond acceptors (Lipinski definition) is 5. The third-order valence-corrected chi connectivity index (χ3v) is 3.02. The van der Waals surface area contributed by atoms with Crippen LogP contribution >= 0.6 is 0 Å². The molecular weight excluding hydrogens is 276 g/mol. The molecule has 0 saturated carbocycles. The summed E-state index contributed by atoms with van der Waals surface area (Å²) in [6, 6.07) is 6.69. The Morgan fingerprint density at radius 1 is 1.38 bits per heavy atom. The van der Waals surface area contributed by atoms with Gasteiger partial charge in [0.15, 0.2) is 6.73 Å². The number of anilines is 1. The van der Waals surface area contributed by atoms with E-state index in [-0.39, 0.29) is 12.6 Å². The third-order valence-electron chi connectivity index (χ3n) is 3.02. The molecule has 0 bridgehead atoms. The maximum atomic E-state index is 11.9. The van der Waals surface area contributed by atoms with Gasteiger partial charge < -0.3 is 9.47 Å². The van der Waals surface area contributed by atoms with E-state index in [2.05, 4.69) is 10.1 Å². The van der Waals surface area contributed by atoms with Crippen LogP contribution in [-0.4, -0.2) is 37.5 Å². The molecule has 21 heavy (non-hydrogen) atoms. The Hall–Kier alpha value is -2.28. The van der Waals surface area contributed by atoms with Gasteiger partial charge in [0.1, 0.15) is 5.75 Å². The van der Waals surface area contributed by atoms with Gasteiger partial charge in [-0.15, -0.1) is 0 Å². The van der Waals surface area contributed by atoms with Crippen molar-refractivity contribution in [2.75, 3.05) is 25.8 Å². The average molecular weight is 294 g/mol. The van der Waals surface area contributed by atoms with Crippen LogP contribution < -0.4 is 10.1 Å². The highest BCUT2D eigenvalue weighted by molar-refractivity contribution is 5.84. The highest BCUT2D eigenvalue weighted by Crippen LogP contribution is 2.27. The summed E-state index contributed by atoms with van der Waals surface area (Å²) in [7, 11) is 1.29. The summed E-state index contributed by atoms with van der Waals surface area (Å²) in [5.41, 5.74) is 0.0707. The molecule has 1 heterocycles. The second-order valence-electron chi connectivity index (χ2n) is 5.26. The van der Waals surface area contributed by atoms with Gasteiger partial charge in [-0.05, 0) is 38.1 Å². The van der Waals surface area contributed by atoms with Crippen LogP contribution in [0.3, 0.4) is 0 Å². The summed E-state index contributed by atoms with van der Waals surface area (Å²) >= 11 is 0. The van der Waals surface area contributed by atoms with Crippen molar-refractivity contribution < 1.29 is 23.9 Å². The molecule has 0 radical (unpaired) electrons. The van der Waals surface area contributed by atoms with Crippen LogP contribution in [0.2, 0.25) is 0 Å². The molecule has 0 aliphatic carbocycles. The van der Waals surface area contributed by atoms with Crippen LogP contribution in [0.15, 0.2) is 24.3 Å². The molecule has 0 unspecified atom stereocenters. The average Bonchev–Trinajstić information content (AvgIpc) is 2.73. The van der Waals surface area contributed by atoms with E-state index in [0.29, 0.717) is 18.0 Å². The smallest absolute Gasteiger partial charge is 0.411 e. The van der Waals surface area contributed by atoms with E-state index >= 15 is 0 Å². The monoisotopic (exact) mass is 294 g/mol. The van der Waals surface area contributed by atoms with Crippen molar-refractivity contribution >= 4 is 17.7 Å². The molecule has 0 atom stereocenters. The number of nitrogens with one attached hydrogen (secondary N) is 1. The topological polar surface area (TPSA) is 77.1 Å². The van der Waals surface area contributed by atoms with Gasteiger partial charge in [-0.2, -0.15) is 5.06 Å². The van der Waals surface area contributed by atoms with Crippen molar-refractivity contribution in [1.29, 1.82) is 0 Å². The van der Waals surface area contributed by atoms with Crippen LogP contribution in [0, 0.1) is 5.41 Å². The quantitative estimate of drug-likeness (QED) is 0.919. The molecule has 7 nitrogen and oxygen atoms in total. The van der Waals surface area contributed by atoms with E-state index in [1.54, 1.807) is 24.3 Å². The van der Waals surface area contributed by atoms with Crippen molar-refractivity contribution in [3.8, 4) is 5.75 Å². The minimum atomic E-state index is -0.540. The summed E-state index contributed by atoms with van der Waals surface area (Å²) in [5.74, 6) is 0.456. The first kappa shape index (κ1) is 15.1. The number of nitrogens with zero attached hydrogens (tertiary/aromatic N) is 1. The van der Waals surface area contributed by atoms with Gasteiger partial charge in [-0.25, -0.2) is 4.79 Å². The lowest BCUT2D eigenvalue weighted by molar-refractivity contribution is -0.176. The highest BCUT2D eigenvalue weighted by Gasteiger charge is 2.40. The second kappa shape index (κ2) is 6.01. The van der Waals surface area contributed by atoms with Gasteiger partial charge in [0.05, 0.1) is 19.1 Å². The predicted molar refractivity (Wildman–Crippen MR) is 74.5 cm³/mol. The third kappa shape index (κ3) is 3.63. The molecule has 2 rings (SSSR count).